The van der Waals surface area contributed by atoms with Crippen LogP contribution in [0, 0.1) is 0 Å². The number of hydrogen-bond acceptors (Lipinski definition) is 4. The number of aromatic nitrogens is 1. The fraction of sp³-hybridized carbons (Fsp3) is 0.0714. The van der Waals surface area contributed by atoms with Crippen LogP contribution in [0.15, 0.2) is 48.5 Å². The summed E-state index contributed by atoms with van der Waals surface area (Å²) >= 11 is 6.02. The second kappa shape index (κ2) is 5.73. The van der Waals surface area contributed by atoms with Crippen molar-refractivity contribution in [1.29, 1.82) is 0 Å². The van der Waals surface area contributed by atoms with Crippen LogP contribution in [0.1, 0.15) is 17.2 Å². The fourth-order valence-corrected chi connectivity index (χ4v) is 1.89. The molecule has 1 unspecified atom stereocenters. The summed E-state index contributed by atoms with van der Waals surface area (Å²) in [4.78, 5) is 3.88. The van der Waals surface area contributed by atoms with Gasteiger partial charge in [0.05, 0.1) is 17.9 Å². The first-order valence-corrected chi connectivity index (χ1v) is 6.07. The molecule has 4 nitrogen and oxygen atoms in total. The zero-order valence-corrected chi connectivity index (χ0v) is 10.9. The van der Waals surface area contributed by atoms with Gasteiger partial charge >= 0.3 is 0 Å². The quantitative estimate of drug-likeness (QED) is 0.752. The van der Waals surface area contributed by atoms with Gasteiger partial charge in [0.1, 0.15) is 5.76 Å². The van der Waals surface area contributed by atoms with Crippen molar-refractivity contribution in [3.63, 3.8) is 0 Å². The van der Waals surface area contributed by atoms with Gasteiger partial charge in [0.25, 0.3) is 0 Å². The molecule has 0 amide bonds. The lowest BCUT2D eigenvalue weighted by Crippen LogP contribution is -2.15. The lowest BCUT2D eigenvalue weighted by molar-refractivity contribution is 0.376. The molecule has 5 heteroatoms. The van der Waals surface area contributed by atoms with Gasteiger partial charge in [0.15, 0.2) is 0 Å². The number of rotatable bonds is 3. The SMILES string of the molecule is Nc1cnccc1C(N)C(O)=Cc1ccccc1Cl. The van der Waals surface area contributed by atoms with Crippen LogP contribution in [0.2, 0.25) is 5.02 Å². The van der Waals surface area contributed by atoms with Crippen LogP contribution in [0.5, 0.6) is 0 Å². The van der Waals surface area contributed by atoms with Crippen LogP contribution in [-0.2, 0) is 0 Å². The lowest BCUT2D eigenvalue weighted by Gasteiger charge is -2.13. The Morgan fingerprint density at radius 1 is 1.32 bits per heavy atom. The van der Waals surface area contributed by atoms with E-state index in [2.05, 4.69) is 4.98 Å². The molecule has 0 aliphatic heterocycles. The summed E-state index contributed by atoms with van der Waals surface area (Å²) in [6, 6.07) is 8.15. The highest BCUT2D eigenvalue weighted by molar-refractivity contribution is 6.32. The van der Waals surface area contributed by atoms with E-state index in [4.69, 9.17) is 23.1 Å². The number of aliphatic hydroxyl groups is 1. The number of nitrogens with zero attached hydrogens (tertiary/aromatic N) is 1. The third-order valence-electron chi connectivity index (χ3n) is 2.75. The van der Waals surface area contributed by atoms with E-state index in [-0.39, 0.29) is 5.76 Å². The third-order valence-corrected chi connectivity index (χ3v) is 3.09. The average molecular weight is 276 g/mol. The molecule has 0 aliphatic rings. The maximum atomic E-state index is 10.1. The minimum atomic E-state index is -0.709. The highest BCUT2D eigenvalue weighted by Gasteiger charge is 2.14. The van der Waals surface area contributed by atoms with Gasteiger partial charge in [-0.15, -0.1) is 0 Å². The van der Waals surface area contributed by atoms with E-state index in [0.717, 1.165) is 0 Å². The van der Waals surface area contributed by atoms with Crippen molar-refractivity contribution < 1.29 is 5.11 Å². The van der Waals surface area contributed by atoms with Gasteiger partial charge in [-0.2, -0.15) is 0 Å². The third kappa shape index (κ3) is 3.05. The molecule has 0 radical (unpaired) electrons. The van der Waals surface area contributed by atoms with Crippen LogP contribution in [-0.4, -0.2) is 10.1 Å². The van der Waals surface area contributed by atoms with Crippen molar-refractivity contribution in [3.05, 3.63) is 64.6 Å². The predicted octanol–water partition coefficient (Wildman–Crippen LogP) is 2.92. The number of pyridine rings is 1. The molecule has 19 heavy (non-hydrogen) atoms. The normalized spacial score (nSPS) is 13.3. The topological polar surface area (TPSA) is 85.2 Å². The van der Waals surface area contributed by atoms with E-state index in [1.54, 1.807) is 24.4 Å². The molecule has 2 aromatic rings. The summed E-state index contributed by atoms with van der Waals surface area (Å²) in [7, 11) is 0. The molecule has 0 aliphatic carbocycles. The summed E-state index contributed by atoms with van der Waals surface area (Å²) in [5, 5.41) is 10.6. The van der Waals surface area contributed by atoms with Crippen LogP contribution in [0.4, 0.5) is 5.69 Å². The largest absolute Gasteiger partial charge is 0.510 e. The Hall–Kier alpha value is -2.04. The Balaban J connectivity index is 2.32. The van der Waals surface area contributed by atoms with Crippen LogP contribution < -0.4 is 11.5 Å². The Kier molecular flexibility index (Phi) is 4.04. The predicted molar refractivity (Wildman–Crippen MR) is 77.6 cm³/mol. The van der Waals surface area contributed by atoms with Gasteiger partial charge < -0.3 is 16.6 Å². The van der Waals surface area contributed by atoms with Crippen LogP contribution in [0.3, 0.4) is 0 Å². The van der Waals surface area contributed by atoms with E-state index in [1.807, 2.05) is 12.1 Å². The van der Waals surface area contributed by atoms with E-state index >= 15 is 0 Å². The van der Waals surface area contributed by atoms with Gasteiger partial charge in [-0.05, 0) is 23.8 Å². The number of halogens is 1. The molecule has 1 aromatic carbocycles. The molecule has 0 saturated carbocycles. The van der Waals surface area contributed by atoms with Crippen LogP contribution >= 0.6 is 11.6 Å². The average Bonchev–Trinajstić information content (AvgIpc) is 2.41. The van der Waals surface area contributed by atoms with Gasteiger partial charge in [0, 0.05) is 16.8 Å². The van der Waals surface area contributed by atoms with Crippen molar-refractivity contribution in [1.82, 2.24) is 4.98 Å². The van der Waals surface area contributed by atoms with Crippen LogP contribution in [0.25, 0.3) is 6.08 Å². The number of nitrogens with two attached hydrogens (primary N) is 2. The second-order valence-corrected chi connectivity index (χ2v) is 4.48. The molecule has 98 valence electrons. The molecule has 1 heterocycles. The number of nitrogen functional groups attached to an aromatic ring is 1. The molecule has 5 N–H and O–H groups in total. The maximum absolute atomic E-state index is 10.1. The minimum Gasteiger partial charge on any atom is -0.510 e. The highest BCUT2D eigenvalue weighted by Crippen LogP contribution is 2.25. The summed E-state index contributed by atoms with van der Waals surface area (Å²) in [6.07, 6.45) is 4.61. The fourth-order valence-electron chi connectivity index (χ4n) is 1.70. The number of aliphatic hydroxyl groups excluding tert-OH is 1. The molecule has 0 saturated heterocycles. The Labute approximate surface area is 116 Å². The Morgan fingerprint density at radius 2 is 2.05 bits per heavy atom. The molecule has 0 spiro atoms. The monoisotopic (exact) mass is 275 g/mol. The zero-order chi connectivity index (χ0) is 13.8. The molecule has 2 rings (SSSR count). The zero-order valence-electron chi connectivity index (χ0n) is 10.1. The molecular formula is C14H14ClN3O. The number of anilines is 1. The minimum absolute atomic E-state index is 0.00833. The summed E-state index contributed by atoms with van der Waals surface area (Å²) in [5.41, 5.74) is 13.5. The lowest BCUT2D eigenvalue weighted by atomic mass is 10.0. The van der Waals surface area contributed by atoms with E-state index in [1.165, 1.54) is 12.3 Å². The molecular weight excluding hydrogens is 262 g/mol. The first-order valence-electron chi connectivity index (χ1n) is 5.69. The van der Waals surface area contributed by atoms with Crippen molar-refractivity contribution >= 4 is 23.4 Å². The van der Waals surface area contributed by atoms with Crippen molar-refractivity contribution in [2.24, 2.45) is 5.73 Å². The molecule has 0 bridgehead atoms. The standard InChI is InChI=1S/C14H14ClN3O/c15-11-4-2-1-3-9(11)7-13(19)14(17)10-5-6-18-8-12(10)16/h1-8,14,19H,16-17H2. The van der Waals surface area contributed by atoms with Crippen molar-refractivity contribution in [3.8, 4) is 0 Å². The van der Waals surface area contributed by atoms with Gasteiger partial charge in [-0.1, -0.05) is 29.8 Å². The second-order valence-electron chi connectivity index (χ2n) is 4.07. The van der Waals surface area contributed by atoms with Gasteiger partial charge in [-0.25, -0.2) is 0 Å². The van der Waals surface area contributed by atoms with Gasteiger partial charge in [0.2, 0.25) is 0 Å². The summed E-state index contributed by atoms with van der Waals surface area (Å²) in [6.45, 7) is 0. The van der Waals surface area contributed by atoms with Gasteiger partial charge in [-0.3, -0.25) is 4.98 Å². The van der Waals surface area contributed by atoms with E-state index in [9.17, 15) is 5.11 Å². The van der Waals surface area contributed by atoms with Crippen molar-refractivity contribution in [2.45, 2.75) is 6.04 Å². The molecule has 1 aromatic heterocycles. The maximum Gasteiger partial charge on any atom is 0.114 e. The highest BCUT2D eigenvalue weighted by atomic mass is 35.5. The first kappa shape index (κ1) is 13.4. The van der Waals surface area contributed by atoms with Crippen molar-refractivity contribution in [2.75, 3.05) is 5.73 Å². The first-order chi connectivity index (χ1) is 9.09. The summed E-state index contributed by atoms with van der Waals surface area (Å²) < 4.78 is 0. The van der Waals surface area contributed by atoms with E-state index < -0.39 is 6.04 Å². The Morgan fingerprint density at radius 3 is 2.74 bits per heavy atom. The number of hydrogen-bond donors (Lipinski definition) is 3. The Bertz CT molecular complexity index is 613. The molecule has 1 atom stereocenters. The summed E-state index contributed by atoms with van der Waals surface area (Å²) in [5.74, 6) is -0.00833. The number of benzene rings is 1. The molecule has 0 fully saturated rings. The smallest absolute Gasteiger partial charge is 0.114 e. The van der Waals surface area contributed by atoms with E-state index in [0.29, 0.717) is 21.8 Å².